The van der Waals surface area contributed by atoms with Crippen LogP contribution in [-0.2, 0) is 11.2 Å². The molecule has 19 heavy (non-hydrogen) atoms. The van der Waals surface area contributed by atoms with Gasteiger partial charge in [-0.2, -0.15) is 0 Å². The van der Waals surface area contributed by atoms with Crippen molar-refractivity contribution in [1.82, 2.24) is 0 Å². The number of nitrogens with zero attached hydrogens (tertiary/aromatic N) is 1. The van der Waals surface area contributed by atoms with Gasteiger partial charge in [0.05, 0.1) is 19.8 Å². The molecule has 0 aliphatic carbocycles. The average Bonchev–Trinajstić information content (AvgIpc) is 2.37. The predicted octanol–water partition coefficient (Wildman–Crippen LogP) is 1.81. The van der Waals surface area contributed by atoms with Gasteiger partial charge in [-0.25, -0.2) is 0 Å². The molecule has 1 aliphatic heterocycles. The maximum absolute atomic E-state index is 8.74. The van der Waals surface area contributed by atoms with Crippen molar-refractivity contribution in [3.63, 3.8) is 0 Å². The van der Waals surface area contributed by atoms with E-state index in [4.69, 9.17) is 15.6 Å². The smallest absolute Gasteiger partial charge is 0.0698 e. The second-order valence-electron chi connectivity index (χ2n) is 5.69. The monoisotopic (exact) mass is 264 g/mol. The molecule has 0 fully saturated rings. The van der Waals surface area contributed by atoms with Crippen LogP contribution in [0.25, 0.3) is 0 Å². The van der Waals surface area contributed by atoms with E-state index in [1.54, 1.807) is 0 Å². The molecule has 4 heteroatoms. The average molecular weight is 264 g/mol. The molecular weight excluding hydrogens is 240 g/mol. The van der Waals surface area contributed by atoms with Crippen molar-refractivity contribution in [3.05, 3.63) is 23.8 Å². The van der Waals surface area contributed by atoms with Crippen LogP contribution < -0.4 is 10.6 Å². The lowest BCUT2D eigenvalue weighted by atomic mass is 9.86. The molecule has 1 aliphatic rings. The molecule has 0 saturated carbocycles. The van der Waals surface area contributed by atoms with Crippen LogP contribution in [0.3, 0.4) is 0 Å². The van der Waals surface area contributed by atoms with E-state index in [9.17, 15) is 0 Å². The highest BCUT2D eigenvalue weighted by molar-refractivity contribution is 5.62. The van der Waals surface area contributed by atoms with Gasteiger partial charge in [0.15, 0.2) is 0 Å². The summed E-state index contributed by atoms with van der Waals surface area (Å²) in [6.07, 6.45) is 2.19. The fourth-order valence-electron chi connectivity index (χ4n) is 2.72. The van der Waals surface area contributed by atoms with E-state index in [0.717, 1.165) is 25.1 Å². The Morgan fingerprint density at radius 2 is 2.16 bits per heavy atom. The van der Waals surface area contributed by atoms with Crippen molar-refractivity contribution in [2.24, 2.45) is 0 Å². The number of aliphatic hydroxyl groups is 1. The van der Waals surface area contributed by atoms with Crippen molar-refractivity contribution in [2.45, 2.75) is 32.2 Å². The summed E-state index contributed by atoms with van der Waals surface area (Å²) in [5, 5.41) is 8.74. The van der Waals surface area contributed by atoms with E-state index < -0.39 is 0 Å². The quantitative estimate of drug-likeness (QED) is 0.629. The van der Waals surface area contributed by atoms with Crippen molar-refractivity contribution in [3.8, 4) is 0 Å². The standard InChI is InChI=1S/C15H24N2O2/c1-15(2)6-5-12-11-13(16)3-4-14(12)17(15)7-9-19-10-8-18/h3-4,11,18H,5-10,16H2,1-2H3. The van der Waals surface area contributed by atoms with Gasteiger partial charge < -0.3 is 20.5 Å². The third kappa shape index (κ3) is 3.19. The van der Waals surface area contributed by atoms with Gasteiger partial charge in [0.1, 0.15) is 0 Å². The summed E-state index contributed by atoms with van der Waals surface area (Å²) < 4.78 is 5.40. The third-order valence-electron chi connectivity index (χ3n) is 3.83. The first-order valence-corrected chi connectivity index (χ1v) is 6.89. The zero-order chi connectivity index (χ0) is 13.9. The minimum Gasteiger partial charge on any atom is -0.399 e. The second-order valence-corrected chi connectivity index (χ2v) is 5.69. The summed E-state index contributed by atoms with van der Waals surface area (Å²) >= 11 is 0. The molecular formula is C15H24N2O2. The lowest BCUT2D eigenvalue weighted by Gasteiger charge is -2.45. The number of hydrogen-bond acceptors (Lipinski definition) is 4. The van der Waals surface area contributed by atoms with Crippen LogP contribution in [0.1, 0.15) is 25.8 Å². The van der Waals surface area contributed by atoms with Crippen LogP contribution in [0.2, 0.25) is 0 Å². The van der Waals surface area contributed by atoms with Crippen LogP contribution in [0.4, 0.5) is 11.4 Å². The molecule has 3 N–H and O–H groups in total. The Balaban J connectivity index is 2.14. The van der Waals surface area contributed by atoms with Gasteiger partial charge in [0.25, 0.3) is 0 Å². The number of ether oxygens (including phenoxy) is 1. The SMILES string of the molecule is CC1(C)CCc2cc(N)ccc2N1CCOCCO. The van der Waals surface area contributed by atoms with Crippen LogP contribution in [0, 0.1) is 0 Å². The molecule has 1 aromatic carbocycles. The maximum Gasteiger partial charge on any atom is 0.0698 e. The van der Waals surface area contributed by atoms with Crippen molar-refractivity contribution < 1.29 is 9.84 Å². The highest BCUT2D eigenvalue weighted by atomic mass is 16.5. The molecule has 0 unspecified atom stereocenters. The number of fused-ring (bicyclic) bond motifs is 1. The van der Waals surface area contributed by atoms with Crippen molar-refractivity contribution >= 4 is 11.4 Å². The number of aliphatic hydroxyl groups excluding tert-OH is 1. The van der Waals surface area contributed by atoms with E-state index in [0.29, 0.717) is 13.2 Å². The predicted molar refractivity (Wildman–Crippen MR) is 78.5 cm³/mol. The highest BCUT2D eigenvalue weighted by Gasteiger charge is 2.32. The Morgan fingerprint density at radius 3 is 2.89 bits per heavy atom. The van der Waals surface area contributed by atoms with Crippen LogP contribution >= 0.6 is 0 Å². The van der Waals surface area contributed by atoms with Crippen LogP contribution in [-0.4, -0.2) is 37.0 Å². The molecule has 0 atom stereocenters. The molecule has 0 bridgehead atoms. The molecule has 1 aromatic rings. The molecule has 106 valence electrons. The lowest BCUT2D eigenvalue weighted by Crippen LogP contribution is -2.49. The summed E-state index contributed by atoms with van der Waals surface area (Å²) in [5.41, 5.74) is 9.41. The number of nitrogens with two attached hydrogens (primary N) is 1. The van der Waals surface area contributed by atoms with Gasteiger partial charge in [-0.1, -0.05) is 0 Å². The van der Waals surface area contributed by atoms with E-state index in [1.807, 2.05) is 6.07 Å². The number of rotatable bonds is 5. The Labute approximate surface area is 115 Å². The molecule has 2 rings (SSSR count). The minimum absolute atomic E-state index is 0.0799. The minimum atomic E-state index is 0.0799. The second kappa shape index (κ2) is 5.80. The molecule has 0 radical (unpaired) electrons. The largest absolute Gasteiger partial charge is 0.399 e. The Kier molecular flexibility index (Phi) is 4.32. The van der Waals surface area contributed by atoms with Crippen LogP contribution in [0.5, 0.6) is 0 Å². The van der Waals surface area contributed by atoms with Crippen molar-refractivity contribution in [1.29, 1.82) is 0 Å². The molecule has 0 aromatic heterocycles. The Hall–Kier alpha value is -1.26. The third-order valence-corrected chi connectivity index (χ3v) is 3.83. The Bertz CT molecular complexity index is 432. The summed E-state index contributed by atoms with van der Waals surface area (Å²) in [7, 11) is 0. The summed E-state index contributed by atoms with van der Waals surface area (Å²) in [5.74, 6) is 0. The molecule has 0 amide bonds. The van der Waals surface area contributed by atoms with Crippen molar-refractivity contribution in [2.75, 3.05) is 37.0 Å². The first-order chi connectivity index (χ1) is 9.04. The van der Waals surface area contributed by atoms with Gasteiger partial charge in [-0.3, -0.25) is 0 Å². The van der Waals surface area contributed by atoms with Gasteiger partial charge in [0.2, 0.25) is 0 Å². The topological polar surface area (TPSA) is 58.7 Å². The number of aryl methyl sites for hydroxylation is 1. The van der Waals surface area contributed by atoms with Gasteiger partial charge >= 0.3 is 0 Å². The fourth-order valence-corrected chi connectivity index (χ4v) is 2.72. The Morgan fingerprint density at radius 1 is 1.37 bits per heavy atom. The first-order valence-electron chi connectivity index (χ1n) is 6.89. The van der Waals surface area contributed by atoms with E-state index in [2.05, 4.69) is 30.9 Å². The zero-order valence-electron chi connectivity index (χ0n) is 11.9. The van der Waals surface area contributed by atoms with Gasteiger partial charge in [-0.15, -0.1) is 0 Å². The van der Waals surface area contributed by atoms with Gasteiger partial charge in [-0.05, 0) is 50.5 Å². The van der Waals surface area contributed by atoms with Gasteiger partial charge in [0, 0.05) is 23.5 Å². The number of nitrogen functional groups attached to an aromatic ring is 1. The number of anilines is 2. The fraction of sp³-hybridized carbons (Fsp3) is 0.600. The molecule has 1 heterocycles. The molecule has 4 nitrogen and oxygen atoms in total. The normalized spacial score (nSPS) is 17.3. The molecule has 0 saturated heterocycles. The summed E-state index contributed by atoms with van der Waals surface area (Å²) in [4.78, 5) is 2.39. The van der Waals surface area contributed by atoms with Crippen LogP contribution in [0.15, 0.2) is 18.2 Å². The van der Waals surface area contributed by atoms with E-state index in [1.165, 1.54) is 11.3 Å². The summed E-state index contributed by atoms with van der Waals surface area (Å²) in [6.45, 7) is 6.48. The van der Waals surface area contributed by atoms with E-state index >= 15 is 0 Å². The number of hydrogen-bond donors (Lipinski definition) is 2. The zero-order valence-corrected chi connectivity index (χ0v) is 11.9. The summed E-state index contributed by atoms with van der Waals surface area (Å²) in [6, 6.07) is 6.14. The lowest BCUT2D eigenvalue weighted by molar-refractivity contribution is 0.0942. The molecule has 0 spiro atoms. The highest BCUT2D eigenvalue weighted by Crippen LogP contribution is 2.37. The first kappa shape index (κ1) is 14.2. The maximum atomic E-state index is 8.74. The van der Waals surface area contributed by atoms with E-state index in [-0.39, 0.29) is 12.1 Å². The number of benzene rings is 1.